The molecule has 2 unspecified atom stereocenters. The van der Waals surface area contributed by atoms with E-state index in [9.17, 15) is 62.6 Å². The number of rotatable bonds is 4. The van der Waals surface area contributed by atoms with Crippen molar-refractivity contribution in [2.75, 3.05) is 22.9 Å². The van der Waals surface area contributed by atoms with Crippen LogP contribution in [0.4, 0.5) is 22.7 Å². The molecule has 101 heavy (non-hydrogen) atoms. The summed E-state index contributed by atoms with van der Waals surface area (Å²) in [6.45, 7) is 16.5. The number of nitrogens with two attached hydrogens (primary N) is 4. The van der Waals surface area contributed by atoms with E-state index in [0.29, 0.717) is 51.8 Å². The van der Waals surface area contributed by atoms with Crippen LogP contribution < -0.4 is 102 Å². The third-order valence-corrected chi connectivity index (χ3v) is 14.3. The molecule has 0 aliphatic heterocycles. The minimum atomic E-state index is -2.36. The maximum atomic E-state index is 12.9. The topological polar surface area (TPSA) is 423 Å². The Hall–Kier alpha value is -8.44. The molecule has 0 spiro atoms. The van der Waals surface area contributed by atoms with Gasteiger partial charge in [-0.2, -0.15) is 0 Å². The minimum Gasteiger partial charge on any atom is -0.850 e. The van der Waals surface area contributed by atoms with Crippen LogP contribution >= 0.6 is 0 Å². The number of hydrogen-bond donors (Lipinski definition) is 5. The van der Waals surface area contributed by atoms with E-state index in [1.807, 2.05) is 20.8 Å². The molecule has 4 atom stereocenters. The van der Waals surface area contributed by atoms with Crippen LogP contribution in [0.2, 0.25) is 0 Å². The van der Waals surface area contributed by atoms with Crippen LogP contribution in [0.5, 0.6) is 0 Å². The molecule has 27 heteroatoms. The van der Waals surface area contributed by atoms with Crippen LogP contribution in [0, 0.1) is 27.7 Å². The molecule has 4 aliphatic rings. The Morgan fingerprint density at radius 1 is 0.426 bits per heavy atom. The molecule has 9 N–H and O–H groups in total. The first-order chi connectivity index (χ1) is 47.8. The molecule has 4 saturated carbocycles. The van der Waals surface area contributed by atoms with Crippen molar-refractivity contribution in [2.24, 2.45) is 0 Å². The smallest absolute Gasteiger partial charge is 0.850 e. The van der Waals surface area contributed by atoms with Gasteiger partial charge in [-0.15, -0.1) is 5.60 Å². The van der Waals surface area contributed by atoms with E-state index in [2.05, 4.69) is 25.0 Å². The summed E-state index contributed by atoms with van der Waals surface area (Å²) in [5, 5.41) is 14.8. The van der Waals surface area contributed by atoms with Gasteiger partial charge in [-0.05, 0) is 123 Å². The molecule has 0 amide bonds. The third-order valence-electron chi connectivity index (χ3n) is 14.3. The molecular weight excluding hydrogens is 1320 g/mol. The first-order valence-corrected chi connectivity index (χ1v) is 29.5. The van der Waals surface area contributed by atoms with Crippen LogP contribution in [0.15, 0.2) is 92.0 Å². The van der Waals surface area contributed by atoms with Gasteiger partial charge in [-0.3, -0.25) is 75.8 Å². The van der Waals surface area contributed by atoms with Gasteiger partial charge in [-0.1, -0.05) is 89.6 Å². The monoisotopic (exact) mass is 1430 g/mol. The molecule has 4 heterocycles. The summed E-state index contributed by atoms with van der Waals surface area (Å²) in [6, 6.07) is 12.0. The largest absolute Gasteiger partial charge is 1.00 e. The second-order valence-electron chi connectivity index (χ2n) is 24.1. The Balaban J connectivity index is 0.00000136. The van der Waals surface area contributed by atoms with Gasteiger partial charge in [0.15, 0.2) is 23.1 Å². The summed E-state index contributed by atoms with van der Waals surface area (Å²) in [7, 11) is 0. The number of carbonyl (C=O) groups excluding carboxylic acids is 8. The molecule has 0 saturated heterocycles. The Morgan fingerprint density at radius 3 is 0.891 bits per heavy atom. The molecule has 544 valence electrons. The second kappa shape index (κ2) is 38.6. The fourth-order valence-corrected chi connectivity index (χ4v) is 10.3. The predicted molar refractivity (Wildman–Crippen MR) is 394 cm³/mol. The van der Waals surface area contributed by atoms with Crippen molar-refractivity contribution < 1.29 is 112 Å². The first kappa shape index (κ1) is 75.2. The van der Waals surface area contributed by atoms with E-state index in [1.165, 1.54) is 43.5 Å². The fraction of sp³-hybridized carbons (Fsp3) is 0.459. The molecule has 8 aromatic rings. The second-order valence-corrected chi connectivity index (χ2v) is 24.1. The molecule has 4 aromatic carbocycles. The number of aliphatic hydroxyl groups is 1. The normalized spacial score (nSPS) is 22.3. The predicted octanol–water partition coefficient (Wildman–Crippen LogP) is 6.34. The number of aryl methyl sites for hydroxylation is 4. The number of fused-ring (bicyclic) bond motifs is 4. The zero-order valence-electron chi connectivity index (χ0n) is 64.5. The number of benzene rings is 4. The summed E-state index contributed by atoms with van der Waals surface area (Å²) in [5.74, 6) is -4.70. The molecule has 0 bridgehead atoms. The van der Waals surface area contributed by atoms with Crippen LogP contribution in [0.25, 0.3) is 43.6 Å². The van der Waals surface area contributed by atoms with Gasteiger partial charge in [0.25, 0.3) is 22.2 Å². The number of nitrogen functional groups attached to an aromatic ring is 4. The SMILES string of the molecule is C.C.C.C.C.C.CC(C)(C)[O-].Cc1nc2cccc(N)c2c(=O)n1C1CCC(=O)CC1=O.[2H]C1([2H])CC([2H])(n2c(C)nc3cccc(N)c3c2=O)C(=O)CC1=O.[2H]C1([2H])C[C@@]([2H])(n2c(C)nc3cccc(N)c3c2=O)C(=O)CC1=O.[2H]C1([2H])C[C@]([2H])(n2c(C)nc3cccc(N)c3c2=O)C(=O)CC1=O.[2H]OC(C)(C)C.[K+]. The fourth-order valence-electron chi connectivity index (χ4n) is 10.3. The van der Waals surface area contributed by atoms with Crippen LogP contribution in [-0.2, 0) is 38.4 Å². The van der Waals surface area contributed by atoms with E-state index < -0.39 is 139 Å². The van der Waals surface area contributed by atoms with Gasteiger partial charge in [0.1, 0.15) is 46.4 Å². The average molecular weight is 1430 g/mol. The molecule has 4 aromatic heterocycles. The molecule has 12 rings (SSSR count). The quantitative estimate of drug-likeness (QED) is 0.0728. The molecule has 26 nitrogen and oxygen atoms in total. The summed E-state index contributed by atoms with van der Waals surface area (Å²) in [4.78, 5) is 164. The Bertz CT molecular complexity index is 4780. The van der Waals surface area contributed by atoms with E-state index in [1.54, 1.807) is 82.3 Å². The van der Waals surface area contributed by atoms with Crippen LogP contribution in [0.3, 0.4) is 0 Å². The van der Waals surface area contributed by atoms with E-state index in [4.69, 9.17) is 36.7 Å². The summed E-state index contributed by atoms with van der Waals surface area (Å²) in [6.07, 6.45) is -11.0. The summed E-state index contributed by atoms with van der Waals surface area (Å²) < 4.78 is 82.3. The Kier molecular flexibility index (Phi) is 28.7. The average Bonchev–Trinajstić information content (AvgIpc) is 0.748. The van der Waals surface area contributed by atoms with Gasteiger partial charge < -0.3 is 33.2 Å². The Labute approximate surface area is 646 Å². The maximum Gasteiger partial charge on any atom is 1.00 e. The van der Waals surface area contributed by atoms with Crippen molar-refractivity contribution in [3.05, 3.63) is 138 Å². The Morgan fingerprint density at radius 2 is 0.653 bits per heavy atom. The standard InChI is InChI=1S/4C15H15N3O3.C4H10O.C4H9O.6CH4.K/c4*1-8-17-11-4-2-3-10(16)14(11)15(21)18(8)12-6-5-9(19)7-13(12)20;2*1-4(2,3)5;;;;;;;/h4*2-4,12H,5-7,16H2,1H3;5H,1-3H3;1-3H3;6*1H4;/q;;;;;-1;;;;;;;+1/t2*12-;;;;;;;;;;;/m10.........../s1/i3*5D2,12D;;5D;;;;;;;;. The number of aromatic nitrogens is 8. The summed E-state index contributed by atoms with van der Waals surface area (Å²) in [5.41, 5.74) is 22.3. The van der Waals surface area contributed by atoms with Gasteiger partial charge >= 0.3 is 51.4 Å². The number of hydrogen-bond acceptors (Lipinski definition) is 22. The van der Waals surface area contributed by atoms with Crippen molar-refractivity contribution in [2.45, 2.75) is 226 Å². The molecule has 0 radical (unpaired) electrons. The zero-order valence-corrected chi connectivity index (χ0v) is 57.6. The van der Waals surface area contributed by atoms with E-state index in [-0.39, 0.29) is 176 Å². The van der Waals surface area contributed by atoms with Gasteiger partial charge in [-0.25, -0.2) is 19.9 Å². The van der Waals surface area contributed by atoms with Crippen molar-refractivity contribution in [3.63, 3.8) is 0 Å². The number of anilines is 4. The van der Waals surface area contributed by atoms with Gasteiger partial charge in [0.05, 0.1) is 103 Å². The zero-order chi connectivity index (χ0) is 78.4. The van der Waals surface area contributed by atoms with Crippen LogP contribution in [-0.4, -0.2) is 102 Å². The molecule has 4 aliphatic carbocycles. The van der Waals surface area contributed by atoms with Crippen molar-refractivity contribution in [1.82, 2.24) is 38.2 Å². The number of nitrogens with zero attached hydrogens (tertiary/aromatic N) is 8. The third kappa shape index (κ3) is 22.8. The number of carbonyl (C=O) groups is 8. The van der Waals surface area contributed by atoms with E-state index in [0.717, 1.165) is 13.7 Å². The minimum absolute atomic E-state index is 0. The van der Waals surface area contributed by atoms with Gasteiger partial charge in [0, 0.05) is 56.5 Å². The van der Waals surface area contributed by atoms with Crippen molar-refractivity contribution in [3.8, 4) is 0 Å². The summed E-state index contributed by atoms with van der Waals surface area (Å²) >= 11 is 0. The number of Topliss-reactive ketones (excluding diaryl/α,β-unsaturated/α-hetero) is 8. The molecule has 4 fully saturated rings. The maximum absolute atomic E-state index is 12.9. The first-order valence-electron chi connectivity index (χ1n) is 34.4. The van der Waals surface area contributed by atoms with Crippen molar-refractivity contribution in [1.29, 1.82) is 1.43 Å². The number of ketones is 8. The van der Waals surface area contributed by atoms with E-state index >= 15 is 0 Å². The van der Waals surface area contributed by atoms with Gasteiger partial charge in [0.2, 0.25) is 1.43 Å². The van der Waals surface area contributed by atoms with Crippen LogP contribution in [0.1, 0.15) is 223 Å². The van der Waals surface area contributed by atoms with Crippen molar-refractivity contribution >= 4 is 113 Å². The molecular formula is C74H103KN12O14.